The van der Waals surface area contributed by atoms with E-state index >= 15 is 0 Å². The third-order valence-corrected chi connectivity index (χ3v) is 2.21. The zero-order valence-corrected chi connectivity index (χ0v) is 8.67. The van der Waals surface area contributed by atoms with E-state index in [-0.39, 0.29) is 5.97 Å². The van der Waals surface area contributed by atoms with Crippen LogP contribution in [0.5, 0.6) is 0 Å². The van der Waals surface area contributed by atoms with Gasteiger partial charge in [-0.1, -0.05) is 24.0 Å². The number of hydrogen-bond acceptors (Lipinski definition) is 4. The normalized spacial score (nSPS) is 9.42. The van der Waals surface area contributed by atoms with E-state index in [9.17, 15) is 4.79 Å². The van der Waals surface area contributed by atoms with Crippen LogP contribution in [0.2, 0.25) is 0 Å². The van der Waals surface area contributed by atoms with E-state index in [0.29, 0.717) is 17.3 Å². The SMILES string of the molecule is CCOC(=O)CCCSC(N)=S. The monoisotopic (exact) mass is 207 g/mol. The molecule has 70 valence electrons. The van der Waals surface area contributed by atoms with Crippen molar-refractivity contribution < 1.29 is 9.53 Å². The lowest BCUT2D eigenvalue weighted by Gasteiger charge is -2.00. The third-order valence-electron chi connectivity index (χ3n) is 1.07. The second-order valence-corrected chi connectivity index (χ2v) is 3.91. The summed E-state index contributed by atoms with van der Waals surface area (Å²) in [6.45, 7) is 2.24. The van der Waals surface area contributed by atoms with Crippen LogP contribution in [0.1, 0.15) is 19.8 Å². The highest BCUT2D eigenvalue weighted by molar-refractivity contribution is 8.22. The van der Waals surface area contributed by atoms with Gasteiger partial charge in [0.15, 0.2) is 0 Å². The van der Waals surface area contributed by atoms with Crippen molar-refractivity contribution in [1.82, 2.24) is 0 Å². The van der Waals surface area contributed by atoms with Gasteiger partial charge in [0.1, 0.15) is 4.32 Å². The average Bonchev–Trinajstić information content (AvgIpc) is 1.98. The van der Waals surface area contributed by atoms with E-state index in [1.807, 2.05) is 0 Å². The minimum atomic E-state index is -0.152. The van der Waals surface area contributed by atoms with Crippen LogP contribution in [0.25, 0.3) is 0 Å². The molecule has 0 amide bonds. The van der Waals surface area contributed by atoms with Crippen molar-refractivity contribution in [3.05, 3.63) is 0 Å². The summed E-state index contributed by atoms with van der Waals surface area (Å²) in [5, 5.41) is 0. The Hall–Kier alpha value is -0.290. The lowest BCUT2D eigenvalue weighted by atomic mass is 10.3. The molecule has 0 unspecified atom stereocenters. The van der Waals surface area contributed by atoms with E-state index in [0.717, 1.165) is 12.2 Å². The quantitative estimate of drug-likeness (QED) is 0.418. The molecule has 0 heterocycles. The van der Waals surface area contributed by atoms with Crippen molar-refractivity contribution in [3.8, 4) is 0 Å². The van der Waals surface area contributed by atoms with Crippen LogP contribution in [-0.4, -0.2) is 22.6 Å². The summed E-state index contributed by atoms with van der Waals surface area (Å²) in [6.07, 6.45) is 1.21. The molecule has 0 rings (SSSR count). The van der Waals surface area contributed by atoms with Gasteiger partial charge in [-0.2, -0.15) is 0 Å². The van der Waals surface area contributed by atoms with Crippen molar-refractivity contribution in [2.45, 2.75) is 19.8 Å². The molecule has 2 N–H and O–H groups in total. The van der Waals surface area contributed by atoms with Gasteiger partial charge in [0.25, 0.3) is 0 Å². The smallest absolute Gasteiger partial charge is 0.305 e. The molecule has 0 bridgehead atoms. The predicted octanol–water partition coefficient (Wildman–Crippen LogP) is 1.31. The summed E-state index contributed by atoms with van der Waals surface area (Å²) < 4.78 is 5.17. The molecule has 12 heavy (non-hydrogen) atoms. The highest BCUT2D eigenvalue weighted by atomic mass is 32.2. The third kappa shape index (κ3) is 7.81. The Morgan fingerprint density at radius 1 is 1.67 bits per heavy atom. The molecule has 0 aliphatic rings. The van der Waals surface area contributed by atoms with Gasteiger partial charge < -0.3 is 10.5 Å². The fraction of sp³-hybridized carbons (Fsp3) is 0.714. The summed E-state index contributed by atoms with van der Waals surface area (Å²) >= 11 is 6.04. The number of ether oxygens (including phenoxy) is 1. The summed E-state index contributed by atoms with van der Waals surface area (Å²) in [4.78, 5) is 10.8. The summed E-state index contributed by atoms with van der Waals surface area (Å²) in [6, 6.07) is 0. The van der Waals surface area contributed by atoms with Crippen LogP contribution >= 0.6 is 24.0 Å². The van der Waals surface area contributed by atoms with Gasteiger partial charge in [-0.3, -0.25) is 4.79 Å². The number of esters is 1. The number of rotatable bonds is 5. The summed E-state index contributed by atoms with van der Waals surface area (Å²) in [5.41, 5.74) is 5.25. The minimum absolute atomic E-state index is 0.152. The van der Waals surface area contributed by atoms with Crippen LogP contribution in [0.4, 0.5) is 0 Å². The van der Waals surface area contributed by atoms with Crippen LogP contribution < -0.4 is 5.73 Å². The fourth-order valence-electron chi connectivity index (χ4n) is 0.622. The van der Waals surface area contributed by atoms with Crippen molar-refractivity contribution in [2.75, 3.05) is 12.4 Å². The van der Waals surface area contributed by atoms with E-state index in [2.05, 4.69) is 12.2 Å². The van der Waals surface area contributed by atoms with Crippen LogP contribution in [0.3, 0.4) is 0 Å². The van der Waals surface area contributed by atoms with Crippen LogP contribution in [0.15, 0.2) is 0 Å². The zero-order chi connectivity index (χ0) is 9.40. The van der Waals surface area contributed by atoms with E-state index in [4.69, 9.17) is 10.5 Å². The number of carbonyl (C=O) groups is 1. The van der Waals surface area contributed by atoms with Crippen molar-refractivity contribution in [1.29, 1.82) is 0 Å². The maximum atomic E-state index is 10.8. The lowest BCUT2D eigenvalue weighted by Crippen LogP contribution is -2.06. The first kappa shape index (κ1) is 11.7. The highest BCUT2D eigenvalue weighted by Gasteiger charge is 2.00. The molecule has 0 aromatic rings. The Labute approximate surface area is 82.0 Å². The molecule has 0 aromatic carbocycles. The van der Waals surface area contributed by atoms with Crippen LogP contribution in [0, 0.1) is 0 Å². The zero-order valence-electron chi connectivity index (χ0n) is 7.04. The van der Waals surface area contributed by atoms with Gasteiger partial charge >= 0.3 is 5.97 Å². The maximum Gasteiger partial charge on any atom is 0.305 e. The van der Waals surface area contributed by atoms with Crippen molar-refractivity contribution >= 4 is 34.3 Å². The lowest BCUT2D eigenvalue weighted by molar-refractivity contribution is -0.143. The highest BCUT2D eigenvalue weighted by Crippen LogP contribution is 2.04. The van der Waals surface area contributed by atoms with Gasteiger partial charge in [0.2, 0.25) is 0 Å². The molecule has 0 spiro atoms. The second kappa shape index (κ2) is 7.36. The first-order chi connectivity index (χ1) is 5.66. The minimum Gasteiger partial charge on any atom is -0.466 e. The van der Waals surface area contributed by atoms with Gasteiger partial charge in [-0.15, -0.1) is 0 Å². The Bertz CT molecular complexity index is 161. The summed E-state index contributed by atoms with van der Waals surface area (Å²) in [5.74, 6) is 0.634. The standard InChI is InChI=1S/C7H13NO2S2/c1-2-10-6(9)4-3-5-12-7(8)11/h2-5H2,1H3,(H2,8,11). The molecule has 0 saturated carbocycles. The molecule has 0 aliphatic carbocycles. The Kier molecular flexibility index (Phi) is 7.19. The van der Waals surface area contributed by atoms with Crippen molar-refractivity contribution in [2.24, 2.45) is 5.73 Å². The number of thiocarbonyl (C=S) groups is 1. The van der Waals surface area contributed by atoms with Gasteiger partial charge in [0.05, 0.1) is 6.61 Å². The maximum absolute atomic E-state index is 10.8. The van der Waals surface area contributed by atoms with E-state index < -0.39 is 0 Å². The number of hydrogen-bond donors (Lipinski definition) is 1. The molecular weight excluding hydrogens is 194 g/mol. The number of thioether (sulfide) groups is 1. The van der Waals surface area contributed by atoms with Crippen LogP contribution in [-0.2, 0) is 9.53 Å². The van der Waals surface area contributed by atoms with Gasteiger partial charge in [0, 0.05) is 12.2 Å². The van der Waals surface area contributed by atoms with Gasteiger partial charge in [-0.05, 0) is 13.3 Å². The van der Waals surface area contributed by atoms with E-state index in [1.54, 1.807) is 6.92 Å². The molecule has 0 radical (unpaired) electrons. The topological polar surface area (TPSA) is 52.3 Å². The van der Waals surface area contributed by atoms with Crippen molar-refractivity contribution in [3.63, 3.8) is 0 Å². The molecule has 0 aromatic heterocycles. The predicted molar refractivity (Wildman–Crippen MR) is 55.1 cm³/mol. The van der Waals surface area contributed by atoms with Gasteiger partial charge in [-0.25, -0.2) is 0 Å². The summed E-state index contributed by atoms with van der Waals surface area (Å²) in [7, 11) is 0. The first-order valence-corrected chi connectivity index (χ1v) is 5.14. The van der Waals surface area contributed by atoms with E-state index in [1.165, 1.54) is 11.8 Å². The molecule has 3 nitrogen and oxygen atoms in total. The second-order valence-electron chi connectivity index (χ2n) is 2.08. The Morgan fingerprint density at radius 3 is 2.83 bits per heavy atom. The molecule has 0 saturated heterocycles. The largest absolute Gasteiger partial charge is 0.466 e. The number of carbonyl (C=O) groups excluding carboxylic acids is 1. The Balaban J connectivity index is 3.19. The molecular formula is C7H13NO2S2. The molecule has 5 heteroatoms. The molecule has 0 aliphatic heterocycles. The molecule has 0 atom stereocenters. The fourth-order valence-corrected chi connectivity index (χ4v) is 1.36. The first-order valence-electron chi connectivity index (χ1n) is 3.74. The number of nitrogens with two attached hydrogens (primary N) is 1. The average molecular weight is 207 g/mol. The Morgan fingerprint density at radius 2 is 2.33 bits per heavy atom. The molecule has 0 fully saturated rings.